The Balaban J connectivity index is 1.59. The first-order chi connectivity index (χ1) is 12.1. The molecule has 0 fully saturated rings. The maximum atomic E-state index is 10.4. The van der Waals surface area contributed by atoms with Gasteiger partial charge >= 0.3 is 0 Å². The van der Waals surface area contributed by atoms with Crippen molar-refractivity contribution in [2.75, 3.05) is 39.3 Å². The lowest BCUT2D eigenvalue weighted by atomic mass is 10.1. The zero-order chi connectivity index (χ0) is 17.8. The molecule has 2 aromatic rings. The summed E-state index contributed by atoms with van der Waals surface area (Å²) >= 11 is 0. The topological polar surface area (TPSA) is 54.0 Å². The van der Waals surface area contributed by atoms with Crippen LogP contribution in [-0.2, 0) is 13.0 Å². The van der Waals surface area contributed by atoms with Crippen molar-refractivity contribution in [1.82, 2.24) is 5.32 Å². The second kappa shape index (κ2) is 7.76. The molecule has 134 valence electrons. The Kier molecular flexibility index (Phi) is 5.46. The molecule has 0 spiro atoms. The van der Waals surface area contributed by atoms with Gasteiger partial charge in [0, 0.05) is 38.4 Å². The monoisotopic (exact) mass is 342 g/mol. The standard InChI is InChI=1S/C20H26N2O3/c1-22-7-6-15-8-14(4-5-19(15)22)12-21-13-20(23)16-9-17(24-2)11-18(10-16)25-3/h4-5,8-11,20-21,23H,6-7,12-13H2,1-3H3. The molecular formula is C20H26N2O3. The van der Waals surface area contributed by atoms with E-state index < -0.39 is 6.10 Å². The van der Waals surface area contributed by atoms with Crippen LogP contribution in [0.3, 0.4) is 0 Å². The van der Waals surface area contributed by atoms with Gasteiger partial charge in [-0.1, -0.05) is 12.1 Å². The number of benzene rings is 2. The van der Waals surface area contributed by atoms with E-state index in [0.29, 0.717) is 18.0 Å². The van der Waals surface area contributed by atoms with Gasteiger partial charge in [-0.25, -0.2) is 0 Å². The van der Waals surface area contributed by atoms with E-state index in [9.17, 15) is 5.11 Å². The minimum Gasteiger partial charge on any atom is -0.497 e. The Morgan fingerprint density at radius 3 is 2.52 bits per heavy atom. The van der Waals surface area contributed by atoms with Crippen LogP contribution in [0.5, 0.6) is 11.5 Å². The number of fused-ring (bicyclic) bond motifs is 1. The summed E-state index contributed by atoms with van der Waals surface area (Å²) in [6, 6.07) is 12.1. The zero-order valence-corrected chi connectivity index (χ0v) is 15.1. The van der Waals surface area contributed by atoms with Crippen LogP contribution in [0.1, 0.15) is 22.8 Å². The Morgan fingerprint density at radius 2 is 1.84 bits per heavy atom. The quantitative estimate of drug-likeness (QED) is 0.810. The number of hydrogen-bond acceptors (Lipinski definition) is 5. The summed E-state index contributed by atoms with van der Waals surface area (Å²) in [6.07, 6.45) is 0.482. The second-order valence-electron chi connectivity index (χ2n) is 6.43. The van der Waals surface area contributed by atoms with Crippen LogP contribution in [0.25, 0.3) is 0 Å². The van der Waals surface area contributed by atoms with Crippen molar-refractivity contribution in [3.63, 3.8) is 0 Å². The molecule has 0 bridgehead atoms. The van der Waals surface area contributed by atoms with Gasteiger partial charge in [0.25, 0.3) is 0 Å². The van der Waals surface area contributed by atoms with Gasteiger partial charge in [0.2, 0.25) is 0 Å². The highest BCUT2D eigenvalue weighted by molar-refractivity contribution is 5.58. The summed E-state index contributed by atoms with van der Waals surface area (Å²) < 4.78 is 10.5. The number of nitrogens with zero attached hydrogens (tertiary/aromatic N) is 1. The van der Waals surface area contributed by atoms with Gasteiger partial charge in [-0.2, -0.15) is 0 Å². The van der Waals surface area contributed by atoms with Crippen LogP contribution in [0.2, 0.25) is 0 Å². The van der Waals surface area contributed by atoms with E-state index in [0.717, 1.165) is 25.1 Å². The Hall–Kier alpha value is -2.24. The first-order valence-corrected chi connectivity index (χ1v) is 8.55. The van der Waals surface area contributed by atoms with Gasteiger partial charge < -0.3 is 24.8 Å². The maximum absolute atomic E-state index is 10.4. The number of anilines is 1. The number of likely N-dealkylation sites (N-methyl/N-ethyl adjacent to an activating group) is 1. The third-order valence-corrected chi connectivity index (χ3v) is 4.70. The van der Waals surface area contributed by atoms with Crippen LogP contribution < -0.4 is 19.7 Å². The fraction of sp³-hybridized carbons (Fsp3) is 0.400. The van der Waals surface area contributed by atoms with Crippen molar-refractivity contribution in [2.45, 2.75) is 19.1 Å². The molecule has 0 aromatic heterocycles. The van der Waals surface area contributed by atoms with Crippen molar-refractivity contribution < 1.29 is 14.6 Å². The van der Waals surface area contributed by atoms with E-state index in [1.54, 1.807) is 20.3 Å². The molecule has 2 N–H and O–H groups in total. The number of ether oxygens (including phenoxy) is 2. The zero-order valence-electron chi connectivity index (χ0n) is 15.1. The lowest BCUT2D eigenvalue weighted by Gasteiger charge is -2.15. The summed E-state index contributed by atoms with van der Waals surface area (Å²) in [6.45, 7) is 2.28. The molecular weight excluding hydrogens is 316 g/mol. The van der Waals surface area contributed by atoms with Gasteiger partial charge in [0.15, 0.2) is 0 Å². The summed E-state index contributed by atoms with van der Waals surface area (Å²) in [5.41, 5.74) is 4.75. The SMILES string of the molecule is COc1cc(OC)cc(C(O)CNCc2ccc3c(c2)CCN3C)c1. The smallest absolute Gasteiger partial charge is 0.122 e. The molecule has 25 heavy (non-hydrogen) atoms. The van der Waals surface area contributed by atoms with Gasteiger partial charge in [0.05, 0.1) is 20.3 Å². The second-order valence-corrected chi connectivity index (χ2v) is 6.43. The Labute approximate surface area is 149 Å². The summed E-state index contributed by atoms with van der Waals surface area (Å²) in [5, 5.41) is 13.8. The third-order valence-electron chi connectivity index (χ3n) is 4.70. The third kappa shape index (κ3) is 4.06. The molecule has 0 aliphatic carbocycles. The van der Waals surface area contributed by atoms with Crippen molar-refractivity contribution in [1.29, 1.82) is 0 Å². The minimum atomic E-state index is -0.621. The number of nitrogens with one attached hydrogen (secondary N) is 1. The number of aliphatic hydroxyl groups excluding tert-OH is 1. The molecule has 1 aliphatic heterocycles. The highest BCUT2D eigenvalue weighted by Crippen LogP contribution is 2.28. The van der Waals surface area contributed by atoms with Crippen molar-refractivity contribution in [3.8, 4) is 11.5 Å². The average molecular weight is 342 g/mol. The molecule has 5 nitrogen and oxygen atoms in total. The molecule has 0 saturated carbocycles. The molecule has 0 radical (unpaired) electrons. The lowest BCUT2D eigenvalue weighted by Crippen LogP contribution is -2.21. The number of rotatable bonds is 7. The van der Waals surface area contributed by atoms with Gasteiger partial charge in [0.1, 0.15) is 11.5 Å². The molecule has 1 unspecified atom stereocenters. The summed E-state index contributed by atoms with van der Waals surface area (Å²) in [5.74, 6) is 1.35. The van der Waals surface area contributed by atoms with Crippen LogP contribution in [-0.4, -0.2) is 39.5 Å². The molecule has 1 heterocycles. The molecule has 2 aromatic carbocycles. The van der Waals surface area contributed by atoms with E-state index in [1.807, 2.05) is 12.1 Å². The van der Waals surface area contributed by atoms with Crippen LogP contribution >= 0.6 is 0 Å². The predicted octanol–water partition coefficient (Wildman–Crippen LogP) is 2.52. The Morgan fingerprint density at radius 1 is 1.12 bits per heavy atom. The predicted molar refractivity (Wildman–Crippen MR) is 99.6 cm³/mol. The van der Waals surface area contributed by atoms with E-state index in [2.05, 4.69) is 35.5 Å². The largest absolute Gasteiger partial charge is 0.497 e. The molecule has 3 rings (SSSR count). The number of aliphatic hydroxyl groups is 1. The van der Waals surface area contributed by atoms with Crippen molar-refractivity contribution >= 4 is 5.69 Å². The van der Waals surface area contributed by atoms with E-state index in [-0.39, 0.29) is 0 Å². The average Bonchev–Trinajstić information content (AvgIpc) is 3.01. The Bertz CT molecular complexity index is 711. The molecule has 1 aliphatic rings. The van der Waals surface area contributed by atoms with Gasteiger partial charge in [-0.05, 0) is 41.3 Å². The van der Waals surface area contributed by atoms with Crippen LogP contribution in [0.4, 0.5) is 5.69 Å². The lowest BCUT2D eigenvalue weighted by molar-refractivity contribution is 0.173. The van der Waals surface area contributed by atoms with E-state index in [1.165, 1.54) is 16.8 Å². The van der Waals surface area contributed by atoms with Gasteiger partial charge in [-0.15, -0.1) is 0 Å². The molecule has 1 atom stereocenters. The molecule has 0 saturated heterocycles. The fourth-order valence-corrected chi connectivity index (χ4v) is 3.22. The molecule has 0 amide bonds. The highest BCUT2D eigenvalue weighted by atomic mass is 16.5. The van der Waals surface area contributed by atoms with Crippen molar-refractivity contribution in [3.05, 3.63) is 53.1 Å². The number of hydrogen-bond donors (Lipinski definition) is 2. The van der Waals surface area contributed by atoms with Crippen LogP contribution in [0, 0.1) is 0 Å². The molecule has 5 heteroatoms. The first kappa shape index (κ1) is 17.6. The van der Waals surface area contributed by atoms with Crippen LogP contribution in [0.15, 0.2) is 36.4 Å². The summed E-state index contributed by atoms with van der Waals surface area (Å²) in [4.78, 5) is 2.28. The fourth-order valence-electron chi connectivity index (χ4n) is 3.22. The number of methoxy groups -OCH3 is 2. The van der Waals surface area contributed by atoms with Gasteiger partial charge in [-0.3, -0.25) is 0 Å². The minimum absolute atomic E-state index is 0.466. The van der Waals surface area contributed by atoms with Crippen molar-refractivity contribution in [2.24, 2.45) is 0 Å². The highest BCUT2D eigenvalue weighted by Gasteiger charge is 2.15. The maximum Gasteiger partial charge on any atom is 0.122 e. The summed E-state index contributed by atoms with van der Waals surface area (Å²) in [7, 11) is 5.34. The first-order valence-electron chi connectivity index (χ1n) is 8.55. The normalized spacial score (nSPS) is 14.3. The van der Waals surface area contributed by atoms with E-state index in [4.69, 9.17) is 9.47 Å². The van der Waals surface area contributed by atoms with E-state index >= 15 is 0 Å².